The van der Waals surface area contributed by atoms with E-state index in [0.717, 1.165) is 97.2 Å². The van der Waals surface area contributed by atoms with E-state index in [9.17, 15) is 34.8 Å². The first-order chi connectivity index (χ1) is 48.0. The van der Waals surface area contributed by atoms with E-state index in [4.69, 9.17) is 42.6 Å². The molecule has 0 aromatic rings. The highest BCUT2D eigenvalue weighted by molar-refractivity contribution is 5.69. The van der Waals surface area contributed by atoms with E-state index in [1.54, 1.807) is 32.6 Å². The number of fused-ring (bicyclic) bond motifs is 8. The number of hydrogen-bond acceptors (Lipinski definition) is 19. The van der Waals surface area contributed by atoms with Crippen LogP contribution in [0.3, 0.4) is 0 Å². The standard InChI is InChI=1S/C44H72N2O9.C39H64N2O7/c1-25-20-28(36(40(8,9)50)52-26(2)47)53-34-33(25)41(10)16-17-44-24-43(44)15-14-31(39(6,7)29(43)12-13-30(44)42(41,11)35(34)48)54-32-23-45(18-19-51-32)27-21-46(22-27)37(49)55-38(3,4)5;1-22-17-25(33(35(5,6)44)46-23(2)42)47-31-30(22)36(7)13-14-39-21-38(39)12-11-28(48-29-20-41(15-16-45-29)24-18-40-19-24)34(3,4)26(38)9-10-27(39)37(36,8)32(31)43/h25,27-36,48,50H,12-24H2,1-11H3;22,24-33,40,43-44H,9-21H2,1-8H3/t25-,28?,29+,30+,31?,32?,33?,34?,35+,36+,41-,42-,43-,44?;22-,25?,26+,27+,28?,29?,30?,31?,32+,33+,36-,37-,38-,39?/m11/s1. The summed E-state index contributed by atoms with van der Waals surface area (Å²) in [5, 5.41) is 50.8. The van der Waals surface area contributed by atoms with E-state index in [1.807, 2.05) is 20.8 Å². The average Bonchev–Trinajstić information content (AvgIpc) is 1.46. The van der Waals surface area contributed by atoms with Crippen molar-refractivity contribution in [2.24, 2.45) is 101 Å². The first-order valence-electron chi connectivity index (χ1n) is 41.2. The minimum atomic E-state index is -1.27. The fraction of sp³-hybridized carbons (Fsp3) is 0.964. The van der Waals surface area contributed by atoms with Crippen molar-refractivity contribution >= 4 is 18.0 Å². The Morgan fingerprint density at radius 2 is 0.913 bits per heavy atom. The van der Waals surface area contributed by atoms with E-state index in [0.29, 0.717) is 73.7 Å². The molecule has 0 radical (unpaired) electrons. The summed E-state index contributed by atoms with van der Waals surface area (Å²) in [5.74, 6) is 2.13. The molecule has 1 amide bonds. The number of nitrogens with one attached hydrogen (secondary N) is 1. The predicted octanol–water partition coefficient (Wildman–Crippen LogP) is 10.7. The summed E-state index contributed by atoms with van der Waals surface area (Å²) in [5.41, 5.74) is -2.57. The second-order valence-corrected chi connectivity index (χ2v) is 41.7. The number of carbonyl (C=O) groups is 3. The van der Waals surface area contributed by atoms with Crippen molar-refractivity contribution in [2.45, 2.75) is 337 Å². The van der Waals surface area contributed by atoms with Crippen LogP contribution < -0.4 is 5.32 Å². The van der Waals surface area contributed by atoms with Crippen LogP contribution in [0.1, 0.15) is 234 Å². The molecule has 20 nitrogen and oxygen atoms in total. The molecule has 12 unspecified atom stereocenters. The number of ether oxygens (including phenoxy) is 9. The van der Waals surface area contributed by atoms with E-state index < -0.39 is 65.4 Å². The maximum atomic E-state index is 12.6. The maximum absolute atomic E-state index is 12.6. The second kappa shape index (κ2) is 25.4. The van der Waals surface area contributed by atoms with Crippen LogP contribution in [-0.4, -0.2) is 221 Å². The van der Waals surface area contributed by atoms with Gasteiger partial charge in [-0.3, -0.25) is 19.4 Å². The summed E-state index contributed by atoms with van der Waals surface area (Å²) in [6, 6.07) is 0.921. The van der Waals surface area contributed by atoms with E-state index in [2.05, 4.69) is 84.4 Å². The van der Waals surface area contributed by atoms with E-state index in [-0.39, 0.29) is 115 Å². The zero-order chi connectivity index (χ0) is 74.1. The van der Waals surface area contributed by atoms with Gasteiger partial charge in [0.25, 0.3) is 0 Å². The lowest BCUT2D eigenvalue weighted by Crippen LogP contribution is -2.64. The van der Waals surface area contributed by atoms with Crippen molar-refractivity contribution in [3.05, 3.63) is 0 Å². The van der Waals surface area contributed by atoms with Crippen LogP contribution in [0.25, 0.3) is 0 Å². The fourth-order valence-corrected chi connectivity index (χ4v) is 29.4. The van der Waals surface area contributed by atoms with Crippen LogP contribution in [0.2, 0.25) is 0 Å². The number of aliphatic hydroxyl groups excluding tert-OH is 2. The molecule has 20 heteroatoms. The Labute approximate surface area is 616 Å². The molecule has 0 bridgehead atoms. The predicted molar refractivity (Wildman–Crippen MR) is 387 cm³/mol. The molecular weight excluding hydrogens is 1310 g/mol. The van der Waals surface area contributed by atoms with Crippen LogP contribution in [0.4, 0.5) is 4.79 Å². The van der Waals surface area contributed by atoms with E-state index >= 15 is 0 Å². The number of carbonyl (C=O) groups excluding carboxylic acids is 3. The Morgan fingerprint density at radius 3 is 1.28 bits per heavy atom. The number of hydrogen-bond donors (Lipinski definition) is 5. The molecule has 584 valence electrons. The molecule has 4 spiro atoms. The molecule has 103 heavy (non-hydrogen) atoms. The summed E-state index contributed by atoms with van der Waals surface area (Å²) in [4.78, 5) is 43.6. The topological polar surface area (TPSA) is 237 Å². The minimum absolute atomic E-state index is 0.0139. The van der Waals surface area contributed by atoms with Gasteiger partial charge >= 0.3 is 18.0 Å². The van der Waals surface area contributed by atoms with Gasteiger partial charge in [-0.1, -0.05) is 69.2 Å². The summed E-state index contributed by atoms with van der Waals surface area (Å²) in [6.45, 7) is 47.7. The Kier molecular flexibility index (Phi) is 18.7. The van der Waals surface area contributed by atoms with Crippen LogP contribution in [0.15, 0.2) is 0 Å². The highest BCUT2D eigenvalue weighted by Crippen LogP contribution is 2.91. The van der Waals surface area contributed by atoms with Crippen molar-refractivity contribution in [3.63, 3.8) is 0 Å². The van der Waals surface area contributed by atoms with Crippen LogP contribution in [0.5, 0.6) is 0 Å². The monoisotopic (exact) mass is 1440 g/mol. The van der Waals surface area contributed by atoms with Gasteiger partial charge in [-0.05, 0) is 242 Å². The molecule has 6 saturated heterocycles. The highest BCUT2D eigenvalue weighted by atomic mass is 16.7. The Hall–Kier alpha value is -2.31. The third kappa shape index (κ3) is 11.4. The quantitative estimate of drug-likeness (QED) is 0.0902. The molecule has 10 aliphatic carbocycles. The summed E-state index contributed by atoms with van der Waals surface area (Å²) >= 11 is 0. The third-order valence-corrected chi connectivity index (χ3v) is 34.3. The molecule has 28 atom stereocenters. The Bertz CT molecular complexity index is 3210. The first kappa shape index (κ1) is 76.1. The van der Waals surface area contributed by atoms with Crippen molar-refractivity contribution in [1.82, 2.24) is 20.0 Å². The summed E-state index contributed by atoms with van der Waals surface area (Å²) in [6.07, 6.45) is 12.8. The Morgan fingerprint density at radius 1 is 0.524 bits per heavy atom. The zero-order valence-corrected chi connectivity index (χ0v) is 66.6. The average molecular weight is 1450 g/mol. The zero-order valence-electron chi connectivity index (χ0n) is 66.6. The lowest BCUT2D eigenvalue weighted by atomic mass is 9.41. The molecule has 16 rings (SSSR count). The summed E-state index contributed by atoms with van der Waals surface area (Å²) < 4.78 is 57.1. The van der Waals surface area contributed by atoms with Gasteiger partial charge in [-0.15, -0.1) is 0 Å². The van der Waals surface area contributed by atoms with Crippen molar-refractivity contribution in [1.29, 1.82) is 0 Å². The molecule has 0 aromatic heterocycles. The van der Waals surface area contributed by atoms with Gasteiger partial charge in [-0.25, -0.2) is 4.79 Å². The maximum Gasteiger partial charge on any atom is 0.410 e. The molecule has 5 N–H and O–H groups in total. The molecule has 10 saturated carbocycles. The van der Waals surface area contributed by atoms with Crippen LogP contribution >= 0.6 is 0 Å². The first-order valence-corrected chi connectivity index (χ1v) is 41.2. The largest absolute Gasteiger partial charge is 0.457 e. The van der Waals surface area contributed by atoms with Crippen molar-refractivity contribution in [3.8, 4) is 0 Å². The molecule has 0 aromatic carbocycles. The van der Waals surface area contributed by atoms with E-state index in [1.165, 1.54) is 52.4 Å². The number of morpholine rings is 2. The van der Waals surface area contributed by atoms with Crippen molar-refractivity contribution in [2.75, 3.05) is 65.6 Å². The van der Waals surface area contributed by atoms with Gasteiger partial charge in [0.15, 0.2) is 24.8 Å². The van der Waals surface area contributed by atoms with Gasteiger partial charge in [0.1, 0.15) is 5.60 Å². The number of aliphatic hydroxyl groups is 4. The Balaban J connectivity index is 0.000000168. The van der Waals surface area contributed by atoms with Gasteiger partial charge in [0, 0.05) is 82.6 Å². The highest BCUT2D eigenvalue weighted by Gasteiger charge is 2.87. The minimum Gasteiger partial charge on any atom is -0.457 e. The number of nitrogens with zero attached hydrogens (tertiary/aromatic N) is 3. The normalized spacial score (nSPS) is 49.5. The number of rotatable bonds is 12. The van der Waals surface area contributed by atoms with Crippen LogP contribution in [-0.2, 0) is 52.2 Å². The third-order valence-electron chi connectivity index (χ3n) is 34.3. The number of esters is 2. The second-order valence-electron chi connectivity index (χ2n) is 41.7. The number of likely N-dealkylation sites (tertiary alicyclic amines) is 1. The van der Waals surface area contributed by atoms with Crippen LogP contribution in [0, 0.1) is 101 Å². The van der Waals surface area contributed by atoms with Gasteiger partial charge in [-0.2, -0.15) is 0 Å². The number of amides is 1. The smallest absolute Gasteiger partial charge is 0.410 e. The van der Waals surface area contributed by atoms with Gasteiger partial charge < -0.3 is 73.3 Å². The van der Waals surface area contributed by atoms with Gasteiger partial charge in [0.05, 0.1) is 79.8 Å². The van der Waals surface area contributed by atoms with Crippen molar-refractivity contribution < 1.29 is 77.4 Å². The molecule has 6 heterocycles. The lowest BCUT2D eigenvalue weighted by molar-refractivity contribution is -0.253. The lowest BCUT2D eigenvalue weighted by Gasteiger charge is -2.64. The molecule has 16 aliphatic rings. The molecule has 6 aliphatic heterocycles. The summed E-state index contributed by atoms with van der Waals surface area (Å²) in [7, 11) is 0. The fourth-order valence-electron chi connectivity index (χ4n) is 29.4. The molecular formula is C83H136N4O16. The van der Waals surface area contributed by atoms with Gasteiger partial charge in [0.2, 0.25) is 0 Å². The molecule has 16 fully saturated rings. The SMILES string of the molecule is CC(=O)O[C@@H](C1C[C@@H](C)C2C(O1)[C@H](O)[C@@]1(C)[C@@H]3CC[C@H]4C(C)(C)C(OC5CN(C6CN(C(=O)OC(C)(C)C)C6)CCO5)CC[C@@]45CC35CC[C@]21C)C(C)(C)O.CC(=O)O[C@@H](C1C[C@@H](C)C2C(O1)[C@H](O)[C@@]1(C)[C@@H]3CC[C@H]4C(C)(C)C(OC5CN(C6CNC6)CCO5)CC[C@@]45CC35CC[C@]21C)C(C)(C)O.